The number of esters is 2. The summed E-state index contributed by atoms with van der Waals surface area (Å²) in [4.78, 5) is 26.0. The van der Waals surface area contributed by atoms with Crippen molar-refractivity contribution in [3.05, 3.63) is 113 Å². The third kappa shape index (κ3) is 7.47. The zero-order valence-corrected chi connectivity index (χ0v) is 26.7. The summed E-state index contributed by atoms with van der Waals surface area (Å²) in [7, 11) is 0. The zero-order valence-electron chi connectivity index (χ0n) is 26.7. The van der Waals surface area contributed by atoms with Gasteiger partial charge in [0.1, 0.15) is 23.5 Å². The molecule has 5 aromatic rings. The second kappa shape index (κ2) is 14.0. The fraction of sp³-hybridized carbons (Fsp3) is 0.263. The molecule has 4 aromatic carbocycles. The summed E-state index contributed by atoms with van der Waals surface area (Å²) in [5, 5.41) is 0.701. The lowest BCUT2D eigenvalue weighted by Gasteiger charge is -2.19. The topological polar surface area (TPSA) is 127 Å². The number of hydrogen-bond acceptors (Lipinski definition) is 8. The first-order valence-corrected chi connectivity index (χ1v) is 15.4. The largest absolute Gasteiger partial charge is 0.488 e. The monoisotopic (exact) mass is 620 g/mol. The van der Waals surface area contributed by atoms with Crippen molar-refractivity contribution in [1.82, 2.24) is 0 Å². The Labute approximate surface area is 269 Å². The highest BCUT2D eigenvalue weighted by Crippen LogP contribution is 2.40. The van der Waals surface area contributed by atoms with E-state index in [4.69, 9.17) is 30.1 Å². The van der Waals surface area contributed by atoms with E-state index in [0.29, 0.717) is 40.9 Å². The summed E-state index contributed by atoms with van der Waals surface area (Å²) in [6, 6.07) is 27.3. The van der Waals surface area contributed by atoms with Gasteiger partial charge in [-0.1, -0.05) is 54.6 Å². The Balaban J connectivity index is 1.71. The Morgan fingerprint density at radius 1 is 0.804 bits per heavy atom. The molecule has 46 heavy (non-hydrogen) atoms. The maximum absolute atomic E-state index is 13.7. The molecule has 0 bridgehead atoms. The van der Waals surface area contributed by atoms with E-state index >= 15 is 0 Å². The minimum absolute atomic E-state index is 0.0179. The van der Waals surface area contributed by atoms with Crippen molar-refractivity contribution in [1.29, 1.82) is 0 Å². The van der Waals surface area contributed by atoms with Crippen molar-refractivity contribution in [3.8, 4) is 28.0 Å². The Kier molecular flexibility index (Phi) is 9.90. The van der Waals surface area contributed by atoms with Gasteiger partial charge in [0.15, 0.2) is 0 Å². The smallest absolute Gasteiger partial charge is 0.375 e. The van der Waals surface area contributed by atoms with Crippen LogP contribution in [0.4, 0.5) is 0 Å². The van der Waals surface area contributed by atoms with Gasteiger partial charge in [0.05, 0.1) is 18.6 Å². The standard InChI is InChI=1S/C38H40N2O6/c1-5-43-34(41)20-28-12-6-7-15-33(28)44-23-32-31-19-29(26-13-8-10-24(16-26)21-39)18-30(27-14-9-11-25(17-27)22-40)35(31)45-36(32)37(42)46-38(2,3)4/h6-19H,5,20-23,39-40H2,1-4H3. The quantitative estimate of drug-likeness (QED) is 0.147. The van der Waals surface area contributed by atoms with E-state index in [1.807, 2.05) is 87.5 Å². The molecule has 0 fully saturated rings. The van der Waals surface area contributed by atoms with Gasteiger partial charge in [-0.2, -0.15) is 0 Å². The number of furan rings is 1. The summed E-state index contributed by atoms with van der Waals surface area (Å²) in [6.07, 6.45) is 0.0539. The van der Waals surface area contributed by atoms with Gasteiger partial charge in [-0.05, 0) is 85.8 Å². The minimum atomic E-state index is -0.757. The molecular weight excluding hydrogens is 580 g/mol. The fourth-order valence-electron chi connectivity index (χ4n) is 5.31. The predicted molar refractivity (Wildman–Crippen MR) is 179 cm³/mol. The normalized spacial score (nSPS) is 11.4. The number of para-hydroxylation sites is 1. The molecule has 0 spiro atoms. The molecule has 1 aromatic heterocycles. The third-order valence-electron chi connectivity index (χ3n) is 7.43. The molecule has 238 valence electrons. The highest BCUT2D eigenvalue weighted by molar-refractivity contribution is 6.03. The third-order valence-corrected chi connectivity index (χ3v) is 7.43. The number of nitrogens with two attached hydrogens (primary N) is 2. The van der Waals surface area contributed by atoms with Gasteiger partial charge in [-0.3, -0.25) is 4.79 Å². The predicted octanol–water partition coefficient (Wildman–Crippen LogP) is 7.32. The van der Waals surface area contributed by atoms with Gasteiger partial charge in [-0.25, -0.2) is 4.79 Å². The van der Waals surface area contributed by atoms with Crippen LogP contribution >= 0.6 is 0 Å². The summed E-state index contributed by atoms with van der Waals surface area (Å²) < 4.78 is 23.7. The molecule has 5 rings (SSSR count). The van der Waals surface area contributed by atoms with Crippen molar-refractivity contribution >= 4 is 22.9 Å². The van der Waals surface area contributed by atoms with Gasteiger partial charge >= 0.3 is 11.9 Å². The number of carbonyl (C=O) groups excluding carboxylic acids is 2. The summed E-state index contributed by atoms with van der Waals surface area (Å²) in [5.41, 5.74) is 18.5. The van der Waals surface area contributed by atoms with Gasteiger partial charge in [-0.15, -0.1) is 0 Å². The SMILES string of the molecule is CCOC(=O)Cc1ccccc1OCc1c(C(=O)OC(C)(C)C)oc2c(-c3cccc(CN)c3)cc(-c3cccc(CN)c3)cc12. The van der Waals surface area contributed by atoms with E-state index in [0.717, 1.165) is 33.4 Å². The molecule has 0 unspecified atom stereocenters. The van der Waals surface area contributed by atoms with E-state index < -0.39 is 11.6 Å². The Bertz CT molecular complexity index is 1870. The molecule has 4 N–H and O–H groups in total. The highest BCUT2D eigenvalue weighted by Gasteiger charge is 2.28. The maximum atomic E-state index is 13.7. The van der Waals surface area contributed by atoms with Crippen LogP contribution in [0.3, 0.4) is 0 Å². The van der Waals surface area contributed by atoms with Gasteiger partial charge in [0.25, 0.3) is 0 Å². The van der Waals surface area contributed by atoms with Gasteiger partial charge < -0.3 is 30.1 Å². The van der Waals surface area contributed by atoms with E-state index in [1.54, 1.807) is 13.0 Å². The molecule has 8 heteroatoms. The Hall–Kier alpha value is -4.92. The molecule has 1 heterocycles. The minimum Gasteiger partial charge on any atom is -0.488 e. The van der Waals surface area contributed by atoms with E-state index in [-0.39, 0.29) is 31.4 Å². The van der Waals surface area contributed by atoms with E-state index in [9.17, 15) is 9.59 Å². The van der Waals surface area contributed by atoms with Crippen LogP contribution in [-0.4, -0.2) is 24.1 Å². The number of ether oxygens (including phenoxy) is 3. The molecule has 0 radical (unpaired) electrons. The first kappa shape index (κ1) is 32.5. The van der Waals surface area contributed by atoms with Crippen molar-refractivity contribution < 1.29 is 28.2 Å². The zero-order chi connectivity index (χ0) is 32.8. The van der Waals surface area contributed by atoms with Crippen LogP contribution in [0.2, 0.25) is 0 Å². The van der Waals surface area contributed by atoms with Crippen LogP contribution in [0.25, 0.3) is 33.2 Å². The van der Waals surface area contributed by atoms with E-state index in [1.165, 1.54) is 0 Å². The summed E-state index contributed by atoms with van der Waals surface area (Å²) in [5.74, 6) is -0.398. The van der Waals surface area contributed by atoms with Crippen LogP contribution in [0.1, 0.15) is 60.5 Å². The van der Waals surface area contributed by atoms with Crippen molar-refractivity contribution in [3.63, 3.8) is 0 Å². The number of carbonyl (C=O) groups is 2. The van der Waals surface area contributed by atoms with Crippen LogP contribution in [0, 0.1) is 0 Å². The van der Waals surface area contributed by atoms with Crippen LogP contribution < -0.4 is 16.2 Å². The number of benzene rings is 4. The molecule has 0 saturated carbocycles. The number of rotatable bonds is 11. The molecule has 0 aliphatic heterocycles. The molecule has 0 amide bonds. The molecule has 0 saturated heterocycles. The average Bonchev–Trinajstić information content (AvgIpc) is 3.42. The summed E-state index contributed by atoms with van der Waals surface area (Å²) in [6.45, 7) is 8.24. The van der Waals surface area contributed by atoms with Gasteiger partial charge in [0, 0.05) is 29.6 Å². The molecular formula is C38H40N2O6. The lowest BCUT2D eigenvalue weighted by Crippen LogP contribution is -2.24. The van der Waals surface area contributed by atoms with Gasteiger partial charge in [0.2, 0.25) is 5.76 Å². The molecule has 0 aliphatic rings. The van der Waals surface area contributed by atoms with E-state index in [2.05, 4.69) is 12.1 Å². The molecule has 8 nitrogen and oxygen atoms in total. The van der Waals surface area contributed by atoms with Crippen molar-refractivity contribution in [2.75, 3.05) is 6.61 Å². The number of fused-ring (bicyclic) bond motifs is 1. The maximum Gasteiger partial charge on any atom is 0.375 e. The Morgan fingerprint density at radius 2 is 1.48 bits per heavy atom. The van der Waals surface area contributed by atoms with Crippen molar-refractivity contribution in [2.24, 2.45) is 11.5 Å². The summed E-state index contributed by atoms with van der Waals surface area (Å²) >= 11 is 0. The molecule has 0 atom stereocenters. The lowest BCUT2D eigenvalue weighted by atomic mass is 9.94. The van der Waals surface area contributed by atoms with Crippen molar-refractivity contribution in [2.45, 2.75) is 59.4 Å². The second-order valence-corrected chi connectivity index (χ2v) is 12.0. The second-order valence-electron chi connectivity index (χ2n) is 12.0. The average molecular weight is 621 g/mol. The van der Waals surface area contributed by atoms with Crippen LogP contribution in [0.15, 0.2) is 89.3 Å². The lowest BCUT2D eigenvalue weighted by molar-refractivity contribution is -0.142. The highest BCUT2D eigenvalue weighted by atomic mass is 16.6. The first-order valence-electron chi connectivity index (χ1n) is 15.4. The first-order chi connectivity index (χ1) is 22.1. The van der Waals surface area contributed by atoms with Crippen LogP contribution in [-0.2, 0) is 40.4 Å². The van der Waals surface area contributed by atoms with Crippen LogP contribution in [0.5, 0.6) is 5.75 Å². The number of hydrogen-bond donors (Lipinski definition) is 2. The fourth-order valence-corrected chi connectivity index (χ4v) is 5.31. The Morgan fingerprint density at radius 3 is 2.15 bits per heavy atom. The molecule has 0 aliphatic carbocycles.